The number of hydrogen-bond donors (Lipinski definition) is 2. The number of benzene rings is 1. The van der Waals surface area contributed by atoms with Crippen LogP contribution in [0, 0.1) is 16.0 Å². The molecule has 8 nitrogen and oxygen atoms in total. The van der Waals surface area contributed by atoms with Crippen molar-refractivity contribution in [2.45, 2.75) is 12.8 Å². The van der Waals surface area contributed by atoms with Crippen molar-refractivity contribution in [2.75, 3.05) is 25.0 Å². The number of likely N-dealkylation sites (tertiary alicyclic amines) is 1. The Labute approximate surface area is 149 Å². The maximum Gasteiger partial charge on any atom is 0.306 e. The smallest absolute Gasteiger partial charge is 0.306 e. The first kappa shape index (κ1) is 20.1. The minimum atomic E-state index is -0.814. The van der Waals surface area contributed by atoms with Gasteiger partial charge in [-0.3, -0.25) is 24.6 Å². The molecule has 2 rings (SSSR count). The monoisotopic (exact) mass is 377 g/mol. The Kier molecular flexibility index (Phi) is 7.40. The fourth-order valence-electron chi connectivity index (χ4n) is 2.49. The molecular weight excluding hydrogens is 361 g/mol. The largest absolute Gasteiger partial charge is 0.481 e. The summed E-state index contributed by atoms with van der Waals surface area (Å²) in [5, 5.41) is 22.6. The van der Waals surface area contributed by atoms with Gasteiger partial charge < -0.3 is 10.4 Å². The van der Waals surface area contributed by atoms with Gasteiger partial charge in [0.2, 0.25) is 5.91 Å². The van der Waals surface area contributed by atoms with Crippen LogP contribution in [-0.4, -0.2) is 46.4 Å². The Bertz CT molecular complexity index is 633. The van der Waals surface area contributed by atoms with Crippen LogP contribution in [0.1, 0.15) is 12.8 Å². The number of amides is 1. The maximum atomic E-state index is 12.0. The van der Waals surface area contributed by atoms with Crippen LogP contribution in [0.3, 0.4) is 0 Å². The molecule has 1 aliphatic rings. The Morgan fingerprint density at radius 1 is 1.38 bits per heavy atom. The van der Waals surface area contributed by atoms with E-state index in [0.29, 0.717) is 25.9 Å². The average molecular weight is 378 g/mol. The van der Waals surface area contributed by atoms with Crippen LogP contribution in [0.25, 0.3) is 0 Å². The van der Waals surface area contributed by atoms with E-state index in [0.717, 1.165) is 0 Å². The van der Waals surface area contributed by atoms with Crippen molar-refractivity contribution in [3.8, 4) is 0 Å². The second kappa shape index (κ2) is 8.81. The fraction of sp³-hybridized carbons (Fsp3) is 0.429. The molecule has 24 heavy (non-hydrogen) atoms. The predicted molar refractivity (Wildman–Crippen MR) is 90.8 cm³/mol. The van der Waals surface area contributed by atoms with Crippen molar-refractivity contribution in [1.29, 1.82) is 0 Å². The quantitative estimate of drug-likeness (QED) is 0.601. The summed E-state index contributed by atoms with van der Waals surface area (Å²) in [6, 6.07) is 4.02. The highest BCUT2D eigenvalue weighted by molar-refractivity contribution is 6.31. The second-order valence-corrected chi connectivity index (χ2v) is 5.79. The average Bonchev–Trinajstić information content (AvgIpc) is 2.49. The molecule has 1 saturated heterocycles. The normalized spacial score (nSPS) is 15.4. The van der Waals surface area contributed by atoms with Crippen LogP contribution in [0.5, 0.6) is 0 Å². The molecular formula is C14H17Cl2N3O5. The van der Waals surface area contributed by atoms with Gasteiger partial charge in [-0.25, -0.2) is 0 Å². The first-order valence-electron chi connectivity index (χ1n) is 7.06. The van der Waals surface area contributed by atoms with E-state index in [4.69, 9.17) is 16.7 Å². The summed E-state index contributed by atoms with van der Waals surface area (Å²) in [4.78, 5) is 35.1. The van der Waals surface area contributed by atoms with Gasteiger partial charge >= 0.3 is 5.97 Å². The van der Waals surface area contributed by atoms with Crippen LogP contribution in [0.2, 0.25) is 5.02 Å². The SMILES string of the molecule is Cl.O=C(CN1CCC(C(=O)O)CC1)Nc1ccc(Cl)cc1[N+](=O)[O-]. The van der Waals surface area contributed by atoms with Gasteiger partial charge in [0.1, 0.15) is 5.69 Å². The summed E-state index contributed by atoms with van der Waals surface area (Å²) in [6.45, 7) is 1.08. The zero-order valence-electron chi connectivity index (χ0n) is 12.6. The Morgan fingerprint density at radius 3 is 2.54 bits per heavy atom. The minimum Gasteiger partial charge on any atom is -0.481 e. The molecule has 0 atom stereocenters. The van der Waals surface area contributed by atoms with Gasteiger partial charge in [0, 0.05) is 11.1 Å². The highest BCUT2D eigenvalue weighted by Gasteiger charge is 2.26. The maximum absolute atomic E-state index is 12.0. The highest BCUT2D eigenvalue weighted by Crippen LogP contribution is 2.27. The number of nitro groups is 1. The van der Waals surface area contributed by atoms with E-state index >= 15 is 0 Å². The molecule has 1 aromatic carbocycles. The summed E-state index contributed by atoms with van der Waals surface area (Å²) < 4.78 is 0. The molecule has 10 heteroatoms. The molecule has 1 aromatic rings. The molecule has 1 aliphatic heterocycles. The van der Waals surface area contributed by atoms with Crippen LogP contribution < -0.4 is 5.32 Å². The molecule has 0 spiro atoms. The van der Waals surface area contributed by atoms with Crippen molar-refractivity contribution in [2.24, 2.45) is 5.92 Å². The van der Waals surface area contributed by atoms with Gasteiger partial charge in [0.15, 0.2) is 0 Å². The molecule has 0 aliphatic carbocycles. The molecule has 132 valence electrons. The van der Waals surface area contributed by atoms with Gasteiger partial charge in [0.05, 0.1) is 17.4 Å². The van der Waals surface area contributed by atoms with E-state index in [9.17, 15) is 19.7 Å². The highest BCUT2D eigenvalue weighted by atomic mass is 35.5. The number of nitro benzene ring substituents is 1. The van der Waals surface area contributed by atoms with Crippen LogP contribution in [0.4, 0.5) is 11.4 Å². The zero-order chi connectivity index (χ0) is 17.0. The summed E-state index contributed by atoms with van der Waals surface area (Å²) in [5.74, 6) is -1.57. The van der Waals surface area contributed by atoms with E-state index in [2.05, 4.69) is 5.32 Å². The number of carbonyl (C=O) groups is 2. The van der Waals surface area contributed by atoms with Crippen LogP contribution in [0.15, 0.2) is 18.2 Å². The Hall–Kier alpha value is -1.90. The molecule has 0 bridgehead atoms. The van der Waals surface area contributed by atoms with Crippen molar-refractivity contribution >= 4 is 47.3 Å². The number of carbonyl (C=O) groups excluding carboxylic acids is 1. The van der Waals surface area contributed by atoms with Gasteiger partial charge in [-0.1, -0.05) is 11.6 Å². The predicted octanol–water partition coefficient (Wildman–Crippen LogP) is 2.41. The number of anilines is 1. The summed E-state index contributed by atoms with van der Waals surface area (Å²) in [5.41, 5.74) is -0.180. The lowest BCUT2D eigenvalue weighted by molar-refractivity contribution is -0.383. The second-order valence-electron chi connectivity index (χ2n) is 5.36. The first-order valence-corrected chi connectivity index (χ1v) is 7.43. The minimum absolute atomic E-state index is 0. The number of piperidine rings is 1. The lowest BCUT2D eigenvalue weighted by Gasteiger charge is -2.29. The van der Waals surface area contributed by atoms with E-state index in [-0.39, 0.29) is 47.2 Å². The molecule has 1 amide bonds. The van der Waals surface area contributed by atoms with Crippen molar-refractivity contribution in [3.05, 3.63) is 33.3 Å². The lowest BCUT2D eigenvalue weighted by atomic mass is 9.97. The number of halogens is 2. The number of nitrogens with one attached hydrogen (secondary N) is 1. The van der Waals surface area contributed by atoms with Gasteiger partial charge in [-0.15, -0.1) is 12.4 Å². The number of aliphatic carboxylic acids is 1. The number of rotatable bonds is 5. The van der Waals surface area contributed by atoms with E-state index in [1.54, 1.807) is 0 Å². The standard InChI is InChI=1S/C14H16ClN3O5.ClH/c15-10-1-2-11(12(7-10)18(22)23)16-13(19)8-17-5-3-9(4-6-17)14(20)21;/h1-2,7,9H,3-6,8H2,(H,16,19)(H,20,21);1H. The zero-order valence-corrected chi connectivity index (χ0v) is 14.2. The van der Waals surface area contributed by atoms with Crippen LogP contribution >= 0.6 is 24.0 Å². The van der Waals surface area contributed by atoms with E-state index in [1.165, 1.54) is 18.2 Å². The van der Waals surface area contributed by atoms with E-state index < -0.39 is 10.9 Å². The molecule has 0 saturated carbocycles. The molecule has 1 fully saturated rings. The number of nitrogens with zero attached hydrogens (tertiary/aromatic N) is 2. The molecule has 0 radical (unpaired) electrons. The topological polar surface area (TPSA) is 113 Å². The van der Waals surface area contributed by atoms with Crippen molar-refractivity contribution in [3.63, 3.8) is 0 Å². The van der Waals surface area contributed by atoms with Crippen LogP contribution in [-0.2, 0) is 9.59 Å². The molecule has 2 N–H and O–H groups in total. The molecule has 0 aromatic heterocycles. The summed E-state index contributed by atoms with van der Waals surface area (Å²) >= 11 is 5.72. The van der Waals surface area contributed by atoms with Crippen molar-refractivity contribution < 1.29 is 19.6 Å². The number of hydrogen-bond acceptors (Lipinski definition) is 5. The van der Waals surface area contributed by atoms with Gasteiger partial charge in [-0.05, 0) is 38.1 Å². The van der Waals surface area contributed by atoms with E-state index in [1.807, 2.05) is 4.90 Å². The van der Waals surface area contributed by atoms with Gasteiger partial charge in [-0.2, -0.15) is 0 Å². The fourth-order valence-corrected chi connectivity index (χ4v) is 2.66. The Morgan fingerprint density at radius 2 is 2.00 bits per heavy atom. The van der Waals surface area contributed by atoms with Crippen molar-refractivity contribution in [1.82, 2.24) is 4.90 Å². The third kappa shape index (κ3) is 5.33. The third-order valence-corrected chi connectivity index (χ3v) is 3.97. The number of carboxylic acid groups (broad SMARTS) is 1. The Balaban J connectivity index is 0.00000288. The molecule has 0 unspecified atom stereocenters. The van der Waals surface area contributed by atoms with Gasteiger partial charge in [0.25, 0.3) is 5.69 Å². The first-order chi connectivity index (χ1) is 10.9. The molecule has 1 heterocycles. The lowest BCUT2D eigenvalue weighted by Crippen LogP contribution is -2.40. The third-order valence-electron chi connectivity index (χ3n) is 3.73. The summed E-state index contributed by atoms with van der Waals surface area (Å²) in [6.07, 6.45) is 0.980. The number of carboxylic acids is 1. The summed E-state index contributed by atoms with van der Waals surface area (Å²) in [7, 11) is 0.